The molecule has 0 fully saturated rings. The van der Waals surface area contributed by atoms with Crippen molar-refractivity contribution in [3.05, 3.63) is 65.7 Å². The Morgan fingerprint density at radius 1 is 0.725 bits per heavy atom. The molecule has 0 bridgehead atoms. The zero-order chi connectivity index (χ0) is 29.5. The van der Waals surface area contributed by atoms with Crippen molar-refractivity contribution in [3.63, 3.8) is 0 Å². The summed E-state index contributed by atoms with van der Waals surface area (Å²) in [6, 6.07) is 11.1. The van der Waals surface area contributed by atoms with Crippen LogP contribution in [0.3, 0.4) is 0 Å². The van der Waals surface area contributed by atoms with Crippen molar-refractivity contribution < 1.29 is 29.4 Å². The number of hydrogen-bond acceptors (Lipinski definition) is 8. The lowest BCUT2D eigenvalue weighted by Gasteiger charge is -2.25. The van der Waals surface area contributed by atoms with Crippen molar-refractivity contribution in [1.29, 1.82) is 0 Å². The third-order valence-corrected chi connectivity index (χ3v) is 7.41. The highest BCUT2D eigenvalue weighted by molar-refractivity contribution is 7.98. The van der Waals surface area contributed by atoms with Gasteiger partial charge in [-0.3, -0.25) is 14.4 Å². The molecular formula is C28H38N4O6S2. The minimum Gasteiger partial charge on any atom is -0.508 e. The molecule has 4 unspecified atom stereocenters. The van der Waals surface area contributed by atoms with Crippen molar-refractivity contribution in [3.8, 4) is 5.75 Å². The summed E-state index contributed by atoms with van der Waals surface area (Å²) >= 11 is 3.04. The lowest BCUT2D eigenvalue weighted by atomic mass is 10.0. The molecule has 7 N–H and O–H groups in total. The number of aromatic hydroxyl groups is 1. The van der Waals surface area contributed by atoms with Crippen LogP contribution in [-0.4, -0.2) is 82.1 Å². The number of carbonyl (C=O) groups is 4. The SMILES string of the molecule is CSCCC(N)C(=O)NC(Cc1ccccc1)C(=O)NC(CCSC)C(=O)NC(Cc1ccc(O)cc1)C(=O)O. The Bertz CT molecular complexity index is 1100. The normalized spacial score (nSPS) is 13.9. The molecule has 2 rings (SSSR count). The largest absolute Gasteiger partial charge is 0.508 e. The van der Waals surface area contributed by atoms with Gasteiger partial charge in [0.05, 0.1) is 6.04 Å². The van der Waals surface area contributed by atoms with Crippen molar-refractivity contribution >= 4 is 47.2 Å². The molecule has 0 heterocycles. The summed E-state index contributed by atoms with van der Waals surface area (Å²) in [7, 11) is 0. The van der Waals surface area contributed by atoms with Crippen molar-refractivity contribution in [2.45, 2.75) is 49.9 Å². The molecule has 12 heteroatoms. The van der Waals surface area contributed by atoms with E-state index in [0.29, 0.717) is 23.5 Å². The highest BCUT2D eigenvalue weighted by Crippen LogP contribution is 2.12. The lowest BCUT2D eigenvalue weighted by Crippen LogP contribution is -2.58. The molecule has 3 amide bonds. The Labute approximate surface area is 243 Å². The van der Waals surface area contributed by atoms with Crippen LogP contribution in [-0.2, 0) is 32.0 Å². The minimum atomic E-state index is -1.25. The summed E-state index contributed by atoms with van der Waals surface area (Å²) in [5.74, 6) is -1.64. The Hall–Kier alpha value is -3.22. The number of amides is 3. The fourth-order valence-corrected chi connectivity index (χ4v) is 4.79. The van der Waals surface area contributed by atoms with Crippen LogP contribution in [0.15, 0.2) is 54.6 Å². The van der Waals surface area contributed by atoms with Gasteiger partial charge in [0.25, 0.3) is 0 Å². The fraction of sp³-hybridized carbons (Fsp3) is 0.429. The maximum atomic E-state index is 13.4. The van der Waals surface area contributed by atoms with E-state index in [9.17, 15) is 29.4 Å². The number of phenolic OH excluding ortho intramolecular Hbond substituents is 1. The number of benzene rings is 2. The summed E-state index contributed by atoms with van der Waals surface area (Å²) in [5, 5.41) is 27.2. The van der Waals surface area contributed by atoms with Gasteiger partial charge in [0.15, 0.2) is 0 Å². The van der Waals surface area contributed by atoms with Gasteiger partial charge < -0.3 is 31.9 Å². The number of carboxylic acids is 1. The molecule has 2 aromatic carbocycles. The molecule has 0 radical (unpaired) electrons. The van der Waals surface area contributed by atoms with E-state index in [1.165, 1.54) is 23.9 Å². The van der Waals surface area contributed by atoms with Crippen LogP contribution in [0.1, 0.15) is 24.0 Å². The second-order valence-electron chi connectivity index (χ2n) is 9.25. The highest BCUT2D eigenvalue weighted by atomic mass is 32.2. The average molecular weight is 591 g/mol. The van der Waals surface area contributed by atoms with Crippen LogP contribution in [0.2, 0.25) is 0 Å². The smallest absolute Gasteiger partial charge is 0.326 e. The number of nitrogens with two attached hydrogens (primary N) is 1. The van der Waals surface area contributed by atoms with Gasteiger partial charge in [-0.1, -0.05) is 42.5 Å². The number of carbonyl (C=O) groups excluding carboxylic acids is 3. The molecule has 0 saturated heterocycles. The standard InChI is InChI=1S/C28H38N4O6S2/c1-39-14-12-21(29)25(34)31-23(16-18-6-4-3-5-7-18)27(36)30-22(13-15-40-2)26(35)32-24(28(37)38)17-19-8-10-20(33)11-9-19/h3-11,21-24,33H,12-17,29H2,1-2H3,(H,30,36)(H,31,34)(H,32,35)(H,37,38). The monoisotopic (exact) mass is 590 g/mol. The molecule has 0 spiro atoms. The number of aliphatic carboxylic acids is 1. The maximum Gasteiger partial charge on any atom is 0.326 e. The van der Waals surface area contributed by atoms with Gasteiger partial charge >= 0.3 is 5.97 Å². The Balaban J connectivity index is 2.19. The molecule has 0 aliphatic carbocycles. The molecular weight excluding hydrogens is 552 g/mol. The molecule has 10 nitrogen and oxygen atoms in total. The van der Waals surface area contributed by atoms with E-state index in [1.807, 2.05) is 42.8 Å². The first-order valence-corrected chi connectivity index (χ1v) is 15.6. The number of nitrogens with one attached hydrogen (secondary N) is 3. The average Bonchev–Trinajstić information content (AvgIpc) is 2.94. The number of thioether (sulfide) groups is 2. The first-order valence-electron chi connectivity index (χ1n) is 12.8. The number of carboxylic acid groups (broad SMARTS) is 1. The molecule has 218 valence electrons. The topological polar surface area (TPSA) is 171 Å². The van der Waals surface area contributed by atoms with E-state index in [1.54, 1.807) is 23.9 Å². The predicted octanol–water partition coefficient (Wildman–Crippen LogP) is 1.55. The van der Waals surface area contributed by atoms with Crippen LogP contribution in [0, 0.1) is 0 Å². The first kappa shape index (κ1) is 33.0. The van der Waals surface area contributed by atoms with E-state index < -0.39 is 47.9 Å². The van der Waals surface area contributed by atoms with Gasteiger partial charge in [-0.25, -0.2) is 4.79 Å². The molecule has 2 aromatic rings. The van der Waals surface area contributed by atoms with Crippen LogP contribution in [0.5, 0.6) is 5.75 Å². The molecule has 0 aliphatic rings. The van der Waals surface area contributed by atoms with Gasteiger partial charge in [-0.05, 0) is 60.1 Å². The number of rotatable bonds is 17. The Kier molecular flexibility index (Phi) is 14.4. The van der Waals surface area contributed by atoms with Crippen molar-refractivity contribution in [1.82, 2.24) is 16.0 Å². The summed E-state index contributed by atoms with van der Waals surface area (Å²) in [4.78, 5) is 51.4. The zero-order valence-electron chi connectivity index (χ0n) is 22.7. The molecule has 0 aromatic heterocycles. The van der Waals surface area contributed by atoms with Crippen LogP contribution in [0.25, 0.3) is 0 Å². The van der Waals surface area contributed by atoms with Crippen LogP contribution in [0.4, 0.5) is 0 Å². The van der Waals surface area contributed by atoms with Gasteiger partial charge in [0.2, 0.25) is 17.7 Å². The predicted molar refractivity (Wildman–Crippen MR) is 159 cm³/mol. The molecule has 4 atom stereocenters. The van der Waals surface area contributed by atoms with Crippen LogP contribution < -0.4 is 21.7 Å². The van der Waals surface area contributed by atoms with E-state index in [0.717, 1.165) is 5.56 Å². The second kappa shape index (κ2) is 17.5. The zero-order valence-corrected chi connectivity index (χ0v) is 24.3. The van der Waals surface area contributed by atoms with Gasteiger partial charge in [-0.2, -0.15) is 23.5 Å². The van der Waals surface area contributed by atoms with E-state index in [2.05, 4.69) is 16.0 Å². The van der Waals surface area contributed by atoms with E-state index in [-0.39, 0.29) is 25.0 Å². The second-order valence-corrected chi connectivity index (χ2v) is 11.2. The highest BCUT2D eigenvalue weighted by Gasteiger charge is 2.30. The number of phenols is 1. The molecule has 0 aliphatic heterocycles. The minimum absolute atomic E-state index is 0.00876. The lowest BCUT2D eigenvalue weighted by molar-refractivity contribution is -0.142. The maximum absolute atomic E-state index is 13.4. The number of hydrogen-bond donors (Lipinski definition) is 6. The third-order valence-electron chi connectivity index (χ3n) is 6.12. The first-order chi connectivity index (χ1) is 19.1. The van der Waals surface area contributed by atoms with Crippen molar-refractivity contribution in [2.75, 3.05) is 24.0 Å². The molecule has 40 heavy (non-hydrogen) atoms. The van der Waals surface area contributed by atoms with Gasteiger partial charge in [0.1, 0.15) is 23.9 Å². The molecule has 0 saturated carbocycles. The van der Waals surface area contributed by atoms with Crippen LogP contribution >= 0.6 is 23.5 Å². The van der Waals surface area contributed by atoms with Gasteiger partial charge in [0, 0.05) is 12.8 Å². The summed E-state index contributed by atoms with van der Waals surface area (Å²) < 4.78 is 0. The Morgan fingerprint density at radius 2 is 1.23 bits per heavy atom. The quantitative estimate of drug-likeness (QED) is 0.160. The van der Waals surface area contributed by atoms with E-state index >= 15 is 0 Å². The third kappa shape index (κ3) is 11.5. The summed E-state index contributed by atoms with van der Waals surface area (Å²) in [6.45, 7) is 0. The summed E-state index contributed by atoms with van der Waals surface area (Å²) in [6.07, 6.45) is 4.65. The fourth-order valence-electron chi connectivity index (χ4n) is 3.83. The summed E-state index contributed by atoms with van der Waals surface area (Å²) in [5.41, 5.74) is 7.44. The van der Waals surface area contributed by atoms with Crippen molar-refractivity contribution in [2.24, 2.45) is 5.73 Å². The van der Waals surface area contributed by atoms with Gasteiger partial charge in [-0.15, -0.1) is 0 Å². The van der Waals surface area contributed by atoms with E-state index in [4.69, 9.17) is 5.73 Å². The Morgan fingerprint density at radius 3 is 1.82 bits per heavy atom.